The number of anilines is 1. The van der Waals surface area contributed by atoms with Crippen molar-refractivity contribution in [3.05, 3.63) is 63.6 Å². The van der Waals surface area contributed by atoms with Gasteiger partial charge in [-0.25, -0.2) is 14.4 Å². The van der Waals surface area contributed by atoms with E-state index >= 15 is 0 Å². The standard InChI is InChI=1S/C36H46N6O7/c1-24-21-25(22-30-32(24)38(2)35(45)48-30)23-31(33(43)40-17-15-39(16-18-40)27-10-19-47-20-11-27)49-36(46)41-12-8-28(9-13-41)42-14-7-26-5-3-4-6-29(26)37-34(42)44/h3-6,21-22,27-28,31H,7-20,23H2,1-2H3,(H,37,44). The van der Waals surface area contributed by atoms with Gasteiger partial charge in [0.25, 0.3) is 5.91 Å². The summed E-state index contributed by atoms with van der Waals surface area (Å²) < 4.78 is 18.5. The number of urea groups is 1. The predicted octanol–water partition coefficient (Wildman–Crippen LogP) is 3.37. The second kappa shape index (κ2) is 14.2. The molecule has 0 radical (unpaired) electrons. The molecule has 4 amide bonds. The predicted molar refractivity (Wildman–Crippen MR) is 183 cm³/mol. The van der Waals surface area contributed by atoms with Crippen LogP contribution >= 0.6 is 0 Å². The first-order chi connectivity index (χ1) is 23.7. The number of fused-ring (bicyclic) bond motifs is 2. The summed E-state index contributed by atoms with van der Waals surface area (Å²) in [7, 11) is 1.66. The second-order valence-electron chi connectivity index (χ2n) is 13.7. The van der Waals surface area contributed by atoms with Gasteiger partial charge in [0.15, 0.2) is 11.7 Å². The molecule has 4 aliphatic rings. The van der Waals surface area contributed by atoms with E-state index in [9.17, 15) is 19.2 Å². The Bertz CT molecular complexity index is 1750. The Kier molecular flexibility index (Phi) is 9.64. The van der Waals surface area contributed by atoms with Crippen molar-refractivity contribution in [3.8, 4) is 0 Å². The smallest absolute Gasteiger partial charge is 0.419 e. The first-order valence-electron chi connectivity index (χ1n) is 17.6. The van der Waals surface area contributed by atoms with Crippen LogP contribution in [-0.2, 0) is 34.2 Å². The first kappa shape index (κ1) is 33.2. The fraction of sp³-hybridized carbons (Fsp3) is 0.556. The molecule has 0 bridgehead atoms. The third kappa shape index (κ3) is 7.04. The minimum absolute atomic E-state index is 0.00181. The zero-order valence-corrected chi connectivity index (χ0v) is 28.4. The molecule has 13 nitrogen and oxygen atoms in total. The van der Waals surface area contributed by atoms with Crippen LogP contribution in [-0.4, -0.2) is 119 Å². The largest absolute Gasteiger partial charge is 0.436 e. The normalized spacial score (nSPS) is 20.5. The number of hydrogen-bond donors (Lipinski definition) is 1. The van der Waals surface area contributed by atoms with Crippen molar-refractivity contribution in [2.24, 2.45) is 7.05 Å². The van der Waals surface area contributed by atoms with E-state index in [1.54, 1.807) is 18.0 Å². The highest BCUT2D eigenvalue weighted by molar-refractivity contribution is 5.91. The third-order valence-corrected chi connectivity index (χ3v) is 10.7. The van der Waals surface area contributed by atoms with Gasteiger partial charge in [-0.3, -0.25) is 14.3 Å². The Morgan fingerprint density at radius 1 is 0.918 bits per heavy atom. The Labute approximate surface area is 285 Å². The minimum Gasteiger partial charge on any atom is -0.436 e. The molecule has 5 heterocycles. The van der Waals surface area contributed by atoms with Crippen LogP contribution in [0.15, 0.2) is 45.6 Å². The summed E-state index contributed by atoms with van der Waals surface area (Å²) in [5, 5.41) is 3.04. The van der Waals surface area contributed by atoms with Crippen LogP contribution in [0.25, 0.3) is 11.1 Å². The van der Waals surface area contributed by atoms with E-state index in [1.807, 2.05) is 47.1 Å². The number of aromatic nitrogens is 1. The van der Waals surface area contributed by atoms with Crippen LogP contribution in [0, 0.1) is 6.92 Å². The summed E-state index contributed by atoms with van der Waals surface area (Å²) >= 11 is 0. The molecule has 1 aromatic heterocycles. The van der Waals surface area contributed by atoms with Crippen molar-refractivity contribution in [2.75, 3.05) is 64.3 Å². The third-order valence-electron chi connectivity index (χ3n) is 10.7. The maximum atomic E-state index is 14.1. The molecular weight excluding hydrogens is 628 g/mol. The van der Waals surface area contributed by atoms with Gasteiger partial charge in [-0.15, -0.1) is 0 Å². The van der Waals surface area contributed by atoms with Crippen molar-refractivity contribution in [1.82, 2.24) is 24.2 Å². The number of benzene rings is 2. The Balaban J connectivity index is 1.02. The number of carbonyl (C=O) groups is 3. The summed E-state index contributed by atoms with van der Waals surface area (Å²) in [6.45, 7) is 7.53. The molecule has 49 heavy (non-hydrogen) atoms. The van der Waals surface area contributed by atoms with E-state index in [1.165, 1.54) is 4.57 Å². The van der Waals surface area contributed by atoms with Gasteiger partial charge >= 0.3 is 17.9 Å². The van der Waals surface area contributed by atoms with Gasteiger partial charge in [-0.05, 0) is 67.9 Å². The fourth-order valence-electron chi connectivity index (χ4n) is 7.95. The fourth-order valence-corrected chi connectivity index (χ4v) is 7.95. The molecule has 1 N–H and O–H groups in total. The molecule has 0 saturated carbocycles. The lowest BCUT2D eigenvalue weighted by molar-refractivity contribution is -0.143. The van der Waals surface area contributed by atoms with Crippen molar-refractivity contribution < 1.29 is 28.3 Å². The molecule has 3 saturated heterocycles. The van der Waals surface area contributed by atoms with Crippen molar-refractivity contribution in [3.63, 3.8) is 0 Å². The summed E-state index contributed by atoms with van der Waals surface area (Å²) in [4.78, 5) is 60.9. The van der Waals surface area contributed by atoms with Crippen molar-refractivity contribution in [2.45, 2.75) is 63.6 Å². The van der Waals surface area contributed by atoms with Crippen LogP contribution in [0.5, 0.6) is 0 Å². The van der Waals surface area contributed by atoms with E-state index in [4.69, 9.17) is 13.9 Å². The molecule has 262 valence electrons. The van der Waals surface area contributed by atoms with Crippen LogP contribution in [0.1, 0.15) is 42.4 Å². The molecule has 3 fully saturated rings. The number of nitrogens with zero attached hydrogens (tertiary/aromatic N) is 5. The van der Waals surface area contributed by atoms with E-state index in [0.717, 1.165) is 67.9 Å². The van der Waals surface area contributed by atoms with Gasteiger partial charge in [-0.1, -0.05) is 24.3 Å². The van der Waals surface area contributed by atoms with Crippen molar-refractivity contribution in [1.29, 1.82) is 0 Å². The molecule has 1 unspecified atom stereocenters. The highest BCUT2D eigenvalue weighted by Gasteiger charge is 2.36. The van der Waals surface area contributed by atoms with E-state index in [2.05, 4.69) is 10.2 Å². The minimum atomic E-state index is -1.04. The van der Waals surface area contributed by atoms with E-state index in [-0.39, 0.29) is 24.4 Å². The second-order valence-corrected chi connectivity index (χ2v) is 13.7. The number of para-hydroxylation sites is 1. The number of aryl methyl sites for hydroxylation is 2. The molecule has 1 atom stereocenters. The number of amides is 4. The summed E-state index contributed by atoms with van der Waals surface area (Å²) in [6, 6.07) is 11.9. The number of ether oxygens (including phenoxy) is 2. The molecular formula is C36H46N6O7. The molecule has 3 aromatic rings. The average Bonchev–Trinajstić information content (AvgIpc) is 3.30. The van der Waals surface area contributed by atoms with E-state index < -0.39 is 18.0 Å². The number of oxazole rings is 1. The number of piperidine rings is 1. The Morgan fingerprint density at radius 3 is 2.41 bits per heavy atom. The monoisotopic (exact) mass is 674 g/mol. The summed E-state index contributed by atoms with van der Waals surface area (Å²) in [6.07, 6.45) is 2.59. The van der Waals surface area contributed by atoms with Crippen LogP contribution in [0.4, 0.5) is 15.3 Å². The molecule has 13 heteroatoms. The lowest BCUT2D eigenvalue weighted by atomic mass is 10.0. The Morgan fingerprint density at radius 2 is 1.65 bits per heavy atom. The average molecular weight is 675 g/mol. The number of hydrogen-bond acceptors (Lipinski definition) is 8. The van der Waals surface area contributed by atoms with Gasteiger partial charge in [0, 0.05) is 90.3 Å². The topological polar surface area (TPSA) is 130 Å². The summed E-state index contributed by atoms with van der Waals surface area (Å²) in [5.74, 6) is -0.676. The van der Waals surface area contributed by atoms with Gasteiger partial charge in [0.1, 0.15) is 0 Å². The maximum absolute atomic E-state index is 14.1. The van der Waals surface area contributed by atoms with E-state index in [0.29, 0.717) is 62.7 Å². The number of piperazine rings is 1. The summed E-state index contributed by atoms with van der Waals surface area (Å²) in [5.41, 5.74) is 4.68. The lowest BCUT2D eigenvalue weighted by Gasteiger charge is -2.41. The maximum Gasteiger partial charge on any atom is 0.419 e. The number of rotatable bonds is 6. The highest BCUT2D eigenvalue weighted by atomic mass is 16.6. The van der Waals surface area contributed by atoms with Crippen LogP contribution in [0.2, 0.25) is 0 Å². The zero-order valence-electron chi connectivity index (χ0n) is 28.4. The van der Waals surface area contributed by atoms with Crippen LogP contribution in [0.3, 0.4) is 0 Å². The van der Waals surface area contributed by atoms with Gasteiger partial charge in [0.05, 0.1) is 5.52 Å². The molecule has 2 aromatic carbocycles. The first-order valence-corrected chi connectivity index (χ1v) is 17.6. The number of likely N-dealkylation sites (tertiary alicyclic amines) is 1. The molecule has 4 aliphatic heterocycles. The van der Waals surface area contributed by atoms with Crippen LogP contribution < -0.4 is 11.1 Å². The van der Waals surface area contributed by atoms with Crippen molar-refractivity contribution >= 4 is 34.8 Å². The molecule has 0 aliphatic carbocycles. The highest BCUT2D eigenvalue weighted by Crippen LogP contribution is 2.26. The van der Waals surface area contributed by atoms with Gasteiger partial charge in [0.2, 0.25) is 0 Å². The number of nitrogens with one attached hydrogen (secondary N) is 1. The zero-order chi connectivity index (χ0) is 34.1. The Hall–Kier alpha value is -4.36. The lowest BCUT2D eigenvalue weighted by Crippen LogP contribution is -2.56. The SMILES string of the molecule is Cc1cc(CC(OC(=O)N2CCC(N3CCc4ccccc4NC3=O)CC2)C(=O)N2CCN(C3CCOCC3)CC2)cc2oc(=O)n(C)c12. The van der Waals surface area contributed by atoms with Gasteiger partial charge < -0.3 is 33.9 Å². The number of carbonyl (C=O) groups excluding carboxylic acids is 3. The molecule has 0 spiro atoms. The molecule has 7 rings (SSSR count). The quantitative estimate of drug-likeness (QED) is 0.422. The van der Waals surface area contributed by atoms with Gasteiger partial charge in [-0.2, -0.15) is 0 Å².